The van der Waals surface area contributed by atoms with E-state index >= 15 is 0 Å². The second-order valence-corrected chi connectivity index (χ2v) is 5.99. The highest BCUT2D eigenvalue weighted by atomic mass is 32.2. The van der Waals surface area contributed by atoms with E-state index in [-0.39, 0.29) is 0 Å². The number of Topliss-reactive ketones (excluding diaryl/α,β-unsaturated/α-hetero) is 1. The minimum atomic E-state index is 0.372. The minimum absolute atomic E-state index is 0.372. The number of hydrogen-bond donors (Lipinski definition) is 0. The first-order valence-corrected chi connectivity index (χ1v) is 7.05. The summed E-state index contributed by atoms with van der Waals surface area (Å²) in [5, 5.41) is 0.372. The number of ketones is 1. The first-order valence-electron chi connectivity index (χ1n) is 6.00. The van der Waals surface area contributed by atoms with E-state index in [2.05, 4.69) is 0 Å². The molecular formula is C12H20OS. The van der Waals surface area contributed by atoms with Crippen LogP contribution in [0, 0.1) is 5.92 Å². The van der Waals surface area contributed by atoms with Gasteiger partial charge in [0, 0.05) is 6.42 Å². The van der Waals surface area contributed by atoms with Gasteiger partial charge >= 0.3 is 0 Å². The summed E-state index contributed by atoms with van der Waals surface area (Å²) in [6.07, 6.45) is 10.0. The van der Waals surface area contributed by atoms with E-state index < -0.39 is 0 Å². The second-order valence-electron chi connectivity index (χ2n) is 4.68. The summed E-state index contributed by atoms with van der Waals surface area (Å²) in [5.41, 5.74) is 0. The monoisotopic (exact) mass is 212 g/mol. The van der Waals surface area contributed by atoms with E-state index in [4.69, 9.17) is 0 Å². The van der Waals surface area contributed by atoms with E-state index in [9.17, 15) is 4.79 Å². The molecule has 1 nitrogen and oxygen atoms in total. The predicted molar refractivity (Wildman–Crippen MR) is 61.7 cm³/mol. The van der Waals surface area contributed by atoms with Crippen molar-refractivity contribution < 1.29 is 4.79 Å². The second kappa shape index (κ2) is 5.20. The molecule has 1 saturated carbocycles. The molecule has 0 N–H and O–H groups in total. The van der Waals surface area contributed by atoms with Crippen molar-refractivity contribution in [3.63, 3.8) is 0 Å². The molecule has 2 heteroatoms. The lowest BCUT2D eigenvalue weighted by atomic mass is 9.85. The molecule has 1 unspecified atom stereocenters. The SMILES string of the molecule is O=C(CC1CCCCC1)C1CCCS1. The van der Waals surface area contributed by atoms with Gasteiger partial charge < -0.3 is 0 Å². The normalized spacial score (nSPS) is 29.3. The number of thioether (sulfide) groups is 1. The Morgan fingerprint density at radius 1 is 1.07 bits per heavy atom. The van der Waals surface area contributed by atoms with Crippen molar-refractivity contribution >= 4 is 17.5 Å². The van der Waals surface area contributed by atoms with Crippen LogP contribution in [0.25, 0.3) is 0 Å². The Morgan fingerprint density at radius 3 is 2.50 bits per heavy atom. The van der Waals surface area contributed by atoms with Gasteiger partial charge in [0.2, 0.25) is 0 Å². The lowest BCUT2D eigenvalue weighted by Gasteiger charge is -2.21. The fourth-order valence-electron chi connectivity index (χ4n) is 2.64. The molecule has 1 aliphatic carbocycles. The van der Waals surface area contributed by atoms with Crippen LogP contribution in [0.3, 0.4) is 0 Å². The molecule has 2 rings (SSSR count). The van der Waals surface area contributed by atoms with Crippen LogP contribution in [-0.2, 0) is 4.79 Å². The van der Waals surface area contributed by atoms with E-state index in [0.717, 1.165) is 18.8 Å². The van der Waals surface area contributed by atoms with E-state index in [1.165, 1.54) is 44.3 Å². The van der Waals surface area contributed by atoms with Gasteiger partial charge in [0.05, 0.1) is 5.25 Å². The molecule has 0 spiro atoms. The summed E-state index contributed by atoms with van der Waals surface area (Å²) >= 11 is 1.89. The van der Waals surface area contributed by atoms with Gasteiger partial charge in [-0.3, -0.25) is 4.79 Å². The third-order valence-electron chi connectivity index (χ3n) is 3.50. The van der Waals surface area contributed by atoms with Gasteiger partial charge in [0.15, 0.2) is 0 Å². The van der Waals surface area contributed by atoms with E-state index in [0.29, 0.717) is 11.0 Å². The first-order chi connectivity index (χ1) is 6.86. The van der Waals surface area contributed by atoms with Gasteiger partial charge in [-0.2, -0.15) is 11.8 Å². The summed E-state index contributed by atoms with van der Waals surface area (Å²) in [5.74, 6) is 2.50. The summed E-state index contributed by atoms with van der Waals surface area (Å²) in [7, 11) is 0. The van der Waals surface area contributed by atoms with Crippen LogP contribution in [-0.4, -0.2) is 16.8 Å². The Morgan fingerprint density at radius 2 is 1.86 bits per heavy atom. The van der Waals surface area contributed by atoms with Crippen LogP contribution in [0.5, 0.6) is 0 Å². The number of carbonyl (C=O) groups is 1. The van der Waals surface area contributed by atoms with Crippen molar-refractivity contribution in [3.05, 3.63) is 0 Å². The van der Waals surface area contributed by atoms with Crippen molar-refractivity contribution in [2.75, 3.05) is 5.75 Å². The van der Waals surface area contributed by atoms with Crippen molar-refractivity contribution in [1.29, 1.82) is 0 Å². The molecule has 0 aromatic carbocycles. The molecule has 80 valence electrons. The van der Waals surface area contributed by atoms with Gasteiger partial charge in [0.1, 0.15) is 5.78 Å². The molecule has 0 aromatic rings. The molecule has 0 radical (unpaired) electrons. The summed E-state index contributed by atoms with van der Waals surface area (Å²) < 4.78 is 0. The molecule has 1 heterocycles. The summed E-state index contributed by atoms with van der Waals surface area (Å²) in [6, 6.07) is 0. The summed E-state index contributed by atoms with van der Waals surface area (Å²) in [4.78, 5) is 11.9. The van der Waals surface area contributed by atoms with E-state index in [1.807, 2.05) is 11.8 Å². The van der Waals surface area contributed by atoms with Crippen LogP contribution in [0.2, 0.25) is 0 Å². The highest BCUT2D eigenvalue weighted by Crippen LogP contribution is 2.32. The molecule has 2 fully saturated rings. The Labute approximate surface area is 91.0 Å². The van der Waals surface area contributed by atoms with Gasteiger partial charge in [-0.05, 0) is 24.5 Å². The predicted octanol–water partition coefficient (Wildman–Crippen LogP) is 3.42. The van der Waals surface area contributed by atoms with Crippen LogP contribution >= 0.6 is 11.8 Å². The Kier molecular flexibility index (Phi) is 3.91. The van der Waals surface area contributed by atoms with Crippen molar-refractivity contribution in [3.8, 4) is 0 Å². The van der Waals surface area contributed by atoms with Gasteiger partial charge in [-0.15, -0.1) is 0 Å². The van der Waals surface area contributed by atoms with Crippen molar-refractivity contribution in [2.24, 2.45) is 5.92 Å². The van der Waals surface area contributed by atoms with Crippen molar-refractivity contribution in [1.82, 2.24) is 0 Å². The van der Waals surface area contributed by atoms with Gasteiger partial charge in [0.25, 0.3) is 0 Å². The van der Waals surface area contributed by atoms with Crippen LogP contribution in [0.15, 0.2) is 0 Å². The van der Waals surface area contributed by atoms with Gasteiger partial charge in [-0.1, -0.05) is 32.1 Å². The fourth-order valence-corrected chi connectivity index (χ4v) is 3.87. The quantitative estimate of drug-likeness (QED) is 0.713. The maximum absolute atomic E-state index is 11.9. The highest BCUT2D eigenvalue weighted by Gasteiger charge is 2.26. The van der Waals surface area contributed by atoms with Crippen LogP contribution in [0.1, 0.15) is 51.4 Å². The molecule has 0 aromatic heterocycles. The fraction of sp³-hybridized carbons (Fsp3) is 0.917. The molecule has 0 bridgehead atoms. The average molecular weight is 212 g/mol. The average Bonchev–Trinajstić information content (AvgIpc) is 2.72. The topological polar surface area (TPSA) is 17.1 Å². The lowest BCUT2D eigenvalue weighted by Crippen LogP contribution is -2.19. The van der Waals surface area contributed by atoms with Gasteiger partial charge in [-0.25, -0.2) is 0 Å². The molecule has 0 amide bonds. The number of rotatable bonds is 3. The van der Waals surface area contributed by atoms with Crippen LogP contribution < -0.4 is 0 Å². The number of hydrogen-bond acceptors (Lipinski definition) is 2. The summed E-state index contributed by atoms with van der Waals surface area (Å²) in [6.45, 7) is 0. The Hall–Kier alpha value is 0.0200. The third kappa shape index (κ3) is 2.75. The maximum atomic E-state index is 11.9. The molecule has 1 aliphatic heterocycles. The highest BCUT2D eigenvalue weighted by molar-refractivity contribution is 8.00. The zero-order valence-electron chi connectivity index (χ0n) is 8.84. The van der Waals surface area contributed by atoms with E-state index in [1.54, 1.807) is 0 Å². The number of carbonyl (C=O) groups excluding carboxylic acids is 1. The largest absolute Gasteiger partial charge is 0.298 e. The zero-order chi connectivity index (χ0) is 9.80. The smallest absolute Gasteiger partial charge is 0.146 e. The lowest BCUT2D eigenvalue weighted by molar-refractivity contribution is -0.119. The maximum Gasteiger partial charge on any atom is 0.146 e. The molecule has 1 saturated heterocycles. The van der Waals surface area contributed by atoms with Crippen molar-refractivity contribution in [2.45, 2.75) is 56.6 Å². The molecule has 2 aliphatic rings. The molecule has 14 heavy (non-hydrogen) atoms. The minimum Gasteiger partial charge on any atom is -0.298 e. The first kappa shape index (κ1) is 10.5. The van der Waals surface area contributed by atoms with Crippen LogP contribution in [0.4, 0.5) is 0 Å². The Bertz CT molecular complexity index is 190. The zero-order valence-corrected chi connectivity index (χ0v) is 9.65. The third-order valence-corrected chi connectivity index (χ3v) is 4.93. The molecular weight excluding hydrogens is 192 g/mol. The standard InChI is InChI=1S/C12H20OS/c13-11(12-7-4-8-14-12)9-10-5-2-1-3-6-10/h10,12H,1-9H2. The Balaban J connectivity index is 1.75. The molecule has 1 atom stereocenters.